The molecule has 1 spiro atoms. The second-order valence-corrected chi connectivity index (χ2v) is 11.6. The Hall–Kier alpha value is -5.35. The van der Waals surface area contributed by atoms with Gasteiger partial charge in [0.25, 0.3) is 11.8 Å². The molecule has 2 aromatic heterocycles. The van der Waals surface area contributed by atoms with Crippen molar-refractivity contribution < 1.29 is 23.1 Å². The minimum atomic E-state index is -1.88. The van der Waals surface area contributed by atoms with Gasteiger partial charge in [-0.25, -0.2) is 9.37 Å². The summed E-state index contributed by atoms with van der Waals surface area (Å²) in [5, 5.41) is 0.494. The van der Waals surface area contributed by atoms with E-state index in [4.69, 9.17) is 14.1 Å². The van der Waals surface area contributed by atoms with E-state index in [1.807, 2.05) is 13.0 Å². The van der Waals surface area contributed by atoms with Gasteiger partial charge < -0.3 is 14.1 Å². The SMILES string of the molecule is CCOc1ccc2nc(N3C(=O)c4oc5ccccc5c(=O)c4C34C(=O)N(Cc3ccc(F)cc3)c3ccccc34)sc2c1. The highest BCUT2D eigenvalue weighted by Crippen LogP contribution is 2.55. The molecule has 0 radical (unpaired) electrons. The van der Waals surface area contributed by atoms with Crippen molar-refractivity contribution in [3.05, 3.63) is 129 Å². The Morgan fingerprint density at radius 3 is 2.55 bits per heavy atom. The summed E-state index contributed by atoms with van der Waals surface area (Å²) in [5.41, 5.74) is 0.115. The summed E-state index contributed by atoms with van der Waals surface area (Å²) in [4.78, 5) is 51.5. The zero-order valence-corrected chi connectivity index (χ0v) is 24.1. The van der Waals surface area contributed by atoms with Gasteiger partial charge in [-0.15, -0.1) is 0 Å². The summed E-state index contributed by atoms with van der Waals surface area (Å²) in [6.45, 7) is 2.46. The summed E-state index contributed by atoms with van der Waals surface area (Å²) < 4.78 is 26.3. The third-order valence-corrected chi connectivity index (χ3v) is 9.14. The van der Waals surface area contributed by atoms with Crippen LogP contribution >= 0.6 is 11.3 Å². The van der Waals surface area contributed by atoms with Gasteiger partial charge in [0.15, 0.2) is 16.1 Å². The highest BCUT2D eigenvalue weighted by atomic mass is 32.1. The Balaban J connectivity index is 1.41. The van der Waals surface area contributed by atoms with Gasteiger partial charge in [-0.3, -0.25) is 19.3 Å². The van der Waals surface area contributed by atoms with E-state index < -0.39 is 28.6 Å². The van der Waals surface area contributed by atoms with E-state index in [0.717, 1.165) is 4.70 Å². The number of hydrogen-bond donors (Lipinski definition) is 0. The second-order valence-electron chi connectivity index (χ2n) is 10.6. The molecule has 8 nitrogen and oxygen atoms in total. The minimum Gasteiger partial charge on any atom is -0.494 e. The molecule has 0 aliphatic carbocycles. The topological polar surface area (TPSA) is 93.0 Å². The largest absolute Gasteiger partial charge is 0.494 e. The zero-order valence-electron chi connectivity index (χ0n) is 23.2. The van der Waals surface area contributed by atoms with Gasteiger partial charge in [0.05, 0.1) is 40.0 Å². The molecule has 2 aliphatic rings. The number of amides is 2. The van der Waals surface area contributed by atoms with E-state index in [0.29, 0.717) is 34.7 Å². The van der Waals surface area contributed by atoms with Crippen LogP contribution in [0.4, 0.5) is 15.2 Å². The van der Waals surface area contributed by atoms with Crippen molar-refractivity contribution in [2.24, 2.45) is 0 Å². The Bertz CT molecular complexity index is 2230. The fourth-order valence-electron chi connectivity index (χ4n) is 6.28. The number of anilines is 2. The van der Waals surface area contributed by atoms with Gasteiger partial charge in [0, 0.05) is 5.56 Å². The lowest BCUT2D eigenvalue weighted by molar-refractivity contribution is -0.121. The van der Waals surface area contributed by atoms with Crippen molar-refractivity contribution in [1.29, 1.82) is 0 Å². The Morgan fingerprint density at radius 1 is 0.955 bits per heavy atom. The predicted molar refractivity (Wildman–Crippen MR) is 165 cm³/mol. The molecule has 1 atom stereocenters. The molecule has 0 fully saturated rings. The van der Waals surface area contributed by atoms with E-state index in [1.165, 1.54) is 33.3 Å². The van der Waals surface area contributed by atoms with Gasteiger partial charge in [-0.05, 0) is 61.0 Å². The van der Waals surface area contributed by atoms with Crippen molar-refractivity contribution >= 4 is 55.2 Å². The lowest BCUT2D eigenvalue weighted by atomic mass is 9.84. The van der Waals surface area contributed by atoms with Crippen molar-refractivity contribution in [3.63, 3.8) is 0 Å². The third-order valence-electron chi connectivity index (χ3n) is 8.14. The molecule has 2 aliphatic heterocycles. The molecule has 0 saturated heterocycles. The smallest absolute Gasteiger partial charge is 0.297 e. The van der Waals surface area contributed by atoms with Crippen LogP contribution < -0.4 is 20.0 Å². The first kappa shape index (κ1) is 26.3. The first-order valence-electron chi connectivity index (χ1n) is 14.0. The van der Waals surface area contributed by atoms with Gasteiger partial charge in [0.2, 0.25) is 5.76 Å². The first-order valence-corrected chi connectivity index (χ1v) is 14.8. The summed E-state index contributed by atoms with van der Waals surface area (Å²) >= 11 is 1.22. The van der Waals surface area contributed by atoms with Gasteiger partial charge in [-0.1, -0.05) is 53.8 Å². The van der Waals surface area contributed by atoms with E-state index in [9.17, 15) is 14.0 Å². The van der Waals surface area contributed by atoms with Crippen LogP contribution in [0.1, 0.15) is 34.2 Å². The number of aromatic nitrogens is 1. The number of hydrogen-bond acceptors (Lipinski definition) is 7. The number of ether oxygens (including phenoxy) is 1. The number of para-hydroxylation sites is 2. The van der Waals surface area contributed by atoms with Crippen molar-refractivity contribution in [3.8, 4) is 5.75 Å². The number of fused-ring (bicyclic) bond motifs is 6. The summed E-state index contributed by atoms with van der Waals surface area (Å²) in [6, 6.07) is 25.1. The van der Waals surface area contributed by atoms with Gasteiger partial charge >= 0.3 is 0 Å². The van der Waals surface area contributed by atoms with Crippen molar-refractivity contribution in [2.75, 3.05) is 16.4 Å². The fourth-order valence-corrected chi connectivity index (χ4v) is 7.33. The normalized spacial score (nSPS) is 17.2. The maximum atomic E-state index is 15.0. The summed E-state index contributed by atoms with van der Waals surface area (Å²) in [5.74, 6) is -1.09. The van der Waals surface area contributed by atoms with Crippen LogP contribution in [0, 0.1) is 5.82 Å². The molecule has 0 saturated carbocycles. The Kier molecular flexibility index (Phi) is 5.73. The average Bonchev–Trinajstić information content (AvgIpc) is 3.64. The third kappa shape index (κ3) is 3.54. The van der Waals surface area contributed by atoms with Gasteiger partial charge in [0.1, 0.15) is 17.1 Å². The lowest BCUT2D eigenvalue weighted by Crippen LogP contribution is -2.53. The molecule has 216 valence electrons. The van der Waals surface area contributed by atoms with Crippen LogP contribution in [0.25, 0.3) is 21.2 Å². The molecule has 1 unspecified atom stereocenters. The molecular weight excluding hydrogens is 581 g/mol. The minimum absolute atomic E-state index is 0.0467. The highest BCUT2D eigenvalue weighted by molar-refractivity contribution is 7.22. The molecule has 10 heteroatoms. The van der Waals surface area contributed by atoms with Crippen LogP contribution in [0.2, 0.25) is 0 Å². The van der Waals surface area contributed by atoms with Crippen LogP contribution in [0.5, 0.6) is 5.75 Å². The monoisotopic (exact) mass is 603 g/mol. The second kappa shape index (κ2) is 9.58. The molecule has 4 heterocycles. The molecule has 6 aromatic rings. The number of benzene rings is 4. The van der Waals surface area contributed by atoms with E-state index in [-0.39, 0.29) is 34.0 Å². The molecule has 0 N–H and O–H groups in total. The Morgan fingerprint density at radius 2 is 1.73 bits per heavy atom. The van der Waals surface area contributed by atoms with Gasteiger partial charge in [-0.2, -0.15) is 0 Å². The number of halogens is 1. The highest BCUT2D eigenvalue weighted by Gasteiger charge is 2.66. The molecule has 2 amide bonds. The quantitative estimate of drug-likeness (QED) is 0.227. The van der Waals surface area contributed by atoms with E-state index in [1.54, 1.807) is 72.8 Å². The number of carbonyl (C=O) groups is 2. The number of nitrogens with zero attached hydrogens (tertiary/aromatic N) is 3. The number of carbonyl (C=O) groups excluding carboxylic acids is 2. The van der Waals surface area contributed by atoms with Crippen LogP contribution in [-0.4, -0.2) is 23.4 Å². The summed E-state index contributed by atoms with van der Waals surface area (Å²) in [6.07, 6.45) is 0. The van der Waals surface area contributed by atoms with Crippen molar-refractivity contribution in [2.45, 2.75) is 19.0 Å². The molecule has 4 aromatic carbocycles. The Labute approximate surface area is 253 Å². The molecule has 44 heavy (non-hydrogen) atoms. The standard InChI is InChI=1S/C34H22FN3O5S/c1-2-42-21-15-16-24-27(17-21)44-33(36-24)38-31(40)30-28(29(39)22-7-3-6-10-26(22)43-30)34(38)23-8-4-5-9-25(23)37(32(34)41)18-19-11-13-20(35)14-12-19/h3-17H,2,18H2,1H3. The molecule has 8 rings (SSSR count). The van der Waals surface area contributed by atoms with Crippen LogP contribution in [-0.2, 0) is 16.9 Å². The predicted octanol–water partition coefficient (Wildman–Crippen LogP) is 6.39. The summed E-state index contributed by atoms with van der Waals surface area (Å²) in [7, 11) is 0. The average molecular weight is 604 g/mol. The van der Waals surface area contributed by atoms with Crippen LogP contribution in [0.15, 0.2) is 100 Å². The maximum Gasteiger partial charge on any atom is 0.297 e. The van der Waals surface area contributed by atoms with Crippen molar-refractivity contribution in [1.82, 2.24) is 4.98 Å². The maximum absolute atomic E-state index is 15.0. The van der Waals surface area contributed by atoms with E-state index in [2.05, 4.69) is 0 Å². The number of rotatable bonds is 5. The lowest BCUT2D eigenvalue weighted by Gasteiger charge is -2.32. The fraction of sp³-hybridized carbons (Fsp3) is 0.118. The van der Waals surface area contributed by atoms with Crippen LogP contribution in [0.3, 0.4) is 0 Å². The first-order chi connectivity index (χ1) is 21.4. The molecule has 0 bridgehead atoms. The van der Waals surface area contributed by atoms with E-state index >= 15 is 4.79 Å². The zero-order chi connectivity index (χ0) is 30.2. The number of thiazole rings is 1. The molecular formula is C34H22FN3O5S.